The van der Waals surface area contributed by atoms with Crippen LogP contribution in [0.25, 0.3) is 16.1 Å². The first kappa shape index (κ1) is 8.84. The first-order valence-electron chi connectivity index (χ1n) is 3.24. The number of hydrogen-bond acceptors (Lipinski definition) is 1. The van der Waals surface area contributed by atoms with Crippen molar-refractivity contribution in [3.8, 4) is 0 Å². The maximum atomic E-state index is 8.14. The molecule has 0 spiro atoms. The number of azide groups is 1. The number of halogens is 1. The zero-order valence-corrected chi connectivity index (χ0v) is 7.82. The highest BCUT2D eigenvalue weighted by Gasteiger charge is 1.94. The third kappa shape index (κ3) is 2.12. The molecule has 0 fully saturated rings. The van der Waals surface area contributed by atoms with Crippen molar-refractivity contribution in [2.45, 2.75) is 0 Å². The standard InChI is InChI=1S/C8H6BrN3/c1-6(11-12-10)7-2-4-8(9)5-3-7/h2-5H,1H2. The molecule has 1 aromatic carbocycles. The third-order valence-corrected chi connectivity index (χ3v) is 1.87. The summed E-state index contributed by atoms with van der Waals surface area (Å²) in [6.07, 6.45) is 0. The minimum atomic E-state index is 0.435. The van der Waals surface area contributed by atoms with Gasteiger partial charge in [0.25, 0.3) is 0 Å². The molecular formula is C8H6BrN3. The van der Waals surface area contributed by atoms with Gasteiger partial charge < -0.3 is 0 Å². The van der Waals surface area contributed by atoms with E-state index in [9.17, 15) is 0 Å². The molecule has 1 aromatic rings. The van der Waals surface area contributed by atoms with Crippen molar-refractivity contribution in [2.75, 3.05) is 0 Å². The van der Waals surface area contributed by atoms with E-state index in [-0.39, 0.29) is 0 Å². The van der Waals surface area contributed by atoms with Crippen LogP contribution >= 0.6 is 15.9 Å². The van der Waals surface area contributed by atoms with E-state index in [1.165, 1.54) is 0 Å². The molecule has 0 aromatic heterocycles. The van der Waals surface area contributed by atoms with Gasteiger partial charge in [0.2, 0.25) is 0 Å². The van der Waals surface area contributed by atoms with Gasteiger partial charge in [-0.3, -0.25) is 0 Å². The second-order valence-electron chi connectivity index (χ2n) is 2.14. The molecule has 3 nitrogen and oxygen atoms in total. The van der Waals surface area contributed by atoms with Crippen molar-refractivity contribution in [3.05, 3.63) is 51.3 Å². The molecule has 4 heteroatoms. The molecule has 12 heavy (non-hydrogen) atoms. The molecule has 0 heterocycles. The molecule has 0 aliphatic heterocycles. The summed E-state index contributed by atoms with van der Waals surface area (Å²) in [5, 5.41) is 3.40. The highest BCUT2D eigenvalue weighted by molar-refractivity contribution is 9.10. The lowest BCUT2D eigenvalue weighted by molar-refractivity contribution is 1.47. The Labute approximate surface area is 78.5 Å². The first-order valence-corrected chi connectivity index (χ1v) is 4.03. The zero-order valence-electron chi connectivity index (χ0n) is 6.24. The molecule has 0 bridgehead atoms. The van der Waals surface area contributed by atoms with Crippen molar-refractivity contribution in [1.82, 2.24) is 0 Å². The predicted molar refractivity (Wildman–Crippen MR) is 52.3 cm³/mol. The van der Waals surface area contributed by atoms with E-state index >= 15 is 0 Å². The Kier molecular flexibility index (Phi) is 2.91. The van der Waals surface area contributed by atoms with Crippen LogP contribution in [0.5, 0.6) is 0 Å². The summed E-state index contributed by atoms with van der Waals surface area (Å²) in [5.74, 6) is 0. The second-order valence-corrected chi connectivity index (χ2v) is 3.06. The molecule has 1 rings (SSSR count). The highest BCUT2D eigenvalue weighted by Crippen LogP contribution is 2.17. The molecule has 0 saturated heterocycles. The van der Waals surface area contributed by atoms with Crippen LogP contribution in [0, 0.1) is 0 Å². The van der Waals surface area contributed by atoms with Crippen molar-refractivity contribution in [3.63, 3.8) is 0 Å². The van der Waals surface area contributed by atoms with Gasteiger partial charge in [0.1, 0.15) is 0 Å². The quantitative estimate of drug-likeness (QED) is 0.417. The lowest BCUT2D eigenvalue weighted by atomic mass is 10.2. The highest BCUT2D eigenvalue weighted by atomic mass is 79.9. The molecule has 0 N–H and O–H groups in total. The Bertz CT molecular complexity index is 336. The second kappa shape index (κ2) is 3.95. The van der Waals surface area contributed by atoms with Crippen LogP contribution in [0.4, 0.5) is 0 Å². The van der Waals surface area contributed by atoms with E-state index in [0.29, 0.717) is 5.70 Å². The minimum absolute atomic E-state index is 0.435. The Balaban J connectivity index is 2.97. The first-order chi connectivity index (χ1) is 5.74. The van der Waals surface area contributed by atoms with E-state index in [2.05, 4.69) is 32.5 Å². The van der Waals surface area contributed by atoms with Gasteiger partial charge in [0.05, 0.1) is 0 Å². The predicted octanol–water partition coefficient (Wildman–Crippen LogP) is 3.73. The number of benzene rings is 1. The lowest BCUT2D eigenvalue weighted by Crippen LogP contribution is -1.76. The van der Waals surface area contributed by atoms with E-state index in [1.807, 2.05) is 24.3 Å². The van der Waals surface area contributed by atoms with Crippen LogP contribution in [0.2, 0.25) is 0 Å². The maximum Gasteiger partial charge on any atom is 0.0375 e. The van der Waals surface area contributed by atoms with E-state index in [1.54, 1.807) is 0 Å². The summed E-state index contributed by atoms with van der Waals surface area (Å²) >= 11 is 3.30. The Morgan fingerprint density at radius 2 is 2.00 bits per heavy atom. The van der Waals surface area contributed by atoms with Gasteiger partial charge in [-0.1, -0.05) is 39.8 Å². The average Bonchev–Trinajstić information content (AvgIpc) is 2.06. The SMILES string of the molecule is C=C(N=[N+]=[N-])c1ccc(Br)cc1. The minimum Gasteiger partial charge on any atom is -0.0889 e. The Hall–Kier alpha value is -1.25. The van der Waals surface area contributed by atoms with Crippen LogP contribution in [0.15, 0.2) is 40.4 Å². The zero-order chi connectivity index (χ0) is 8.97. The van der Waals surface area contributed by atoms with Crippen LogP contribution in [0.3, 0.4) is 0 Å². The van der Waals surface area contributed by atoms with Crippen LogP contribution in [-0.2, 0) is 0 Å². The van der Waals surface area contributed by atoms with Gasteiger partial charge in [-0.15, -0.1) is 0 Å². The van der Waals surface area contributed by atoms with Gasteiger partial charge in [0, 0.05) is 15.1 Å². The number of hydrogen-bond donors (Lipinski definition) is 0. The summed E-state index contributed by atoms with van der Waals surface area (Å²) in [5.41, 5.74) is 9.41. The average molecular weight is 224 g/mol. The van der Waals surface area contributed by atoms with Gasteiger partial charge >= 0.3 is 0 Å². The molecule has 0 aliphatic carbocycles. The normalized spacial score (nSPS) is 8.75. The number of rotatable bonds is 2. The van der Waals surface area contributed by atoms with Gasteiger partial charge in [-0.25, -0.2) is 0 Å². The fourth-order valence-electron chi connectivity index (χ4n) is 0.754. The number of nitrogens with zero attached hydrogens (tertiary/aromatic N) is 3. The molecule has 0 radical (unpaired) electrons. The molecule has 0 unspecified atom stereocenters. The molecule has 0 amide bonds. The molecule has 0 atom stereocenters. The summed E-state index contributed by atoms with van der Waals surface area (Å²) < 4.78 is 0.986. The topological polar surface area (TPSA) is 48.8 Å². The lowest BCUT2D eigenvalue weighted by Gasteiger charge is -1.97. The van der Waals surface area contributed by atoms with Crippen molar-refractivity contribution in [1.29, 1.82) is 0 Å². The van der Waals surface area contributed by atoms with Gasteiger partial charge in [-0.2, -0.15) is 0 Å². The van der Waals surface area contributed by atoms with Crippen LogP contribution < -0.4 is 0 Å². The van der Waals surface area contributed by atoms with Gasteiger partial charge in [0.15, 0.2) is 0 Å². The molecule has 0 aliphatic rings. The fraction of sp³-hybridized carbons (Fsp3) is 0. The summed E-state index contributed by atoms with van der Waals surface area (Å²) in [7, 11) is 0. The molecule has 60 valence electrons. The van der Waals surface area contributed by atoms with Gasteiger partial charge in [-0.05, 0) is 23.2 Å². The largest absolute Gasteiger partial charge is 0.0889 e. The van der Waals surface area contributed by atoms with E-state index in [0.717, 1.165) is 10.0 Å². The van der Waals surface area contributed by atoms with Crippen LogP contribution in [-0.4, -0.2) is 0 Å². The smallest absolute Gasteiger partial charge is 0.0375 e. The van der Waals surface area contributed by atoms with E-state index < -0.39 is 0 Å². The monoisotopic (exact) mass is 223 g/mol. The third-order valence-electron chi connectivity index (χ3n) is 1.34. The van der Waals surface area contributed by atoms with Crippen molar-refractivity contribution >= 4 is 21.6 Å². The van der Waals surface area contributed by atoms with E-state index in [4.69, 9.17) is 5.53 Å². The fourth-order valence-corrected chi connectivity index (χ4v) is 1.02. The summed E-state index contributed by atoms with van der Waals surface area (Å²) in [4.78, 5) is 2.65. The molecule has 0 saturated carbocycles. The molecular weight excluding hydrogens is 218 g/mol. The Morgan fingerprint density at radius 3 is 2.50 bits per heavy atom. The maximum absolute atomic E-state index is 8.14. The Morgan fingerprint density at radius 1 is 1.42 bits per heavy atom. The van der Waals surface area contributed by atoms with Crippen molar-refractivity contribution < 1.29 is 0 Å². The van der Waals surface area contributed by atoms with Crippen LogP contribution in [0.1, 0.15) is 5.56 Å². The summed E-state index contributed by atoms with van der Waals surface area (Å²) in [6.45, 7) is 3.61. The van der Waals surface area contributed by atoms with Crippen molar-refractivity contribution in [2.24, 2.45) is 5.11 Å². The summed E-state index contributed by atoms with van der Waals surface area (Å²) in [6, 6.07) is 7.41.